The van der Waals surface area contributed by atoms with Gasteiger partial charge in [0, 0.05) is 48.1 Å². The Morgan fingerprint density at radius 1 is 0.848 bits per heavy atom. The lowest BCUT2D eigenvalue weighted by Gasteiger charge is -2.10. The van der Waals surface area contributed by atoms with E-state index in [0.717, 1.165) is 44.5 Å². The van der Waals surface area contributed by atoms with E-state index in [-0.39, 0.29) is 5.91 Å². The van der Waals surface area contributed by atoms with Crippen molar-refractivity contribution in [3.8, 4) is 22.5 Å². The van der Waals surface area contributed by atoms with Gasteiger partial charge in [0.25, 0.3) is 0 Å². The van der Waals surface area contributed by atoms with Gasteiger partial charge in [-0.25, -0.2) is 4.98 Å². The van der Waals surface area contributed by atoms with Crippen LogP contribution >= 0.6 is 0 Å². The van der Waals surface area contributed by atoms with Gasteiger partial charge in [-0.3, -0.25) is 4.79 Å². The van der Waals surface area contributed by atoms with E-state index in [1.54, 1.807) is 0 Å². The van der Waals surface area contributed by atoms with Gasteiger partial charge in [-0.2, -0.15) is 0 Å². The summed E-state index contributed by atoms with van der Waals surface area (Å²) in [5.74, 6) is 0.615. The quantitative estimate of drug-likeness (QED) is 0.398. The van der Waals surface area contributed by atoms with Crippen LogP contribution < -0.4 is 5.32 Å². The van der Waals surface area contributed by atoms with Crippen LogP contribution in [-0.4, -0.2) is 26.1 Å². The molecule has 0 atom stereocenters. The third kappa shape index (κ3) is 4.50. The molecule has 6 heteroatoms. The number of rotatable bonds is 6. The van der Waals surface area contributed by atoms with Crippen LogP contribution in [-0.2, 0) is 17.8 Å². The van der Waals surface area contributed by atoms with Crippen LogP contribution in [0.4, 0.5) is 0 Å². The van der Waals surface area contributed by atoms with Gasteiger partial charge in [0.05, 0.1) is 0 Å². The largest absolute Gasteiger partial charge is 0.361 e. The summed E-state index contributed by atoms with van der Waals surface area (Å²) in [4.78, 5) is 19.5. The fourth-order valence-corrected chi connectivity index (χ4v) is 3.88. The second-order valence-corrected chi connectivity index (χ2v) is 7.93. The van der Waals surface area contributed by atoms with Crippen LogP contribution in [0.1, 0.15) is 23.9 Å². The smallest absolute Gasteiger partial charge is 0.217 e. The Bertz CT molecular complexity index is 1410. The first-order valence-electron chi connectivity index (χ1n) is 10.8. The predicted octanol–water partition coefficient (Wildman–Crippen LogP) is 4.91. The van der Waals surface area contributed by atoms with Gasteiger partial charge < -0.3 is 10.3 Å². The van der Waals surface area contributed by atoms with Crippen molar-refractivity contribution in [1.29, 1.82) is 0 Å². The van der Waals surface area contributed by atoms with Gasteiger partial charge in [0.1, 0.15) is 11.4 Å². The summed E-state index contributed by atoms with van der Waals surface area (Å²) in [7, 11) is 0. The monoisotopic (exact) mass is 433 g/mol. The van der Waals surface area contributed by atoms with Crippen LogP contribution in [0.5, 0.6) is 0 Å². The molecule has 0 aliphatic heterocycles. The number of benzene rings is 3. The number of para-hydroxylation sites is 1. The first kappa shape index (κ1) is 20.6. The number of hydrogen-bond donors (Lipinski definition) is 2. The van der Waals surface area contributed by atoms with E-state index in [1.807, 2.05) is 72.9 Å². The summed E-state index contributed by atoms with van der Waals surface area (Å²) in [6, 6.07) is 26.2. The number of aromatic nitrogens is 4. The zero-order valence-electron chi connectivity index (χ0n) is 18.2. The number of amides is 1. The molecule has 0 radical (unpaired) electrons. The lowest BCUT2D eigenvalue weighted by atomic mass is 10.0. The van der Waals surface area contributed by atoms with E-state index >= 15 is 0 Å². The molecule has 33 heavy (non-hydrogen) atoms. The molecular weight excluding hydrogens is 410 g/mol. The van der Waals surface area contributed by atoms with E-state index < -0.39 is 0 Å². The van der Waals surface area contributed by atoms with E-state index in [0.29, 0.717) is 18.8 Å². The molecule has 0 spiro atoms. The number of fused-ring (bicyclic) bond motifs is 1. The van der Waals surface area contributed by atoms with Crippen molar-refractivity contribution in [3.63, 3.8) is 0 Å². The highest BCUT2D eigenvalue weighted by Gasteiger charge is 2.15. The number of carbonyl (C=O) groups is 1. The molecule has 162 valence electrons. The van der Waals surface area contributed by atoms with Crippen molar-refractivity contribution in [2.45, 2.75) is 19.9 Å². The zero-order chi connectivity index (χ0) is 22.6. The maximum atomic E-state index is 11.2. The van der Waals surface area contributed by atoms with E-state index in [1.165, 1.54) is 6.92 Å². The summed E-state index contributed by atoms with van der Waals surface area (Å²) >= 11 is 0. The highest BCUT2D eigenvalue weighted by molar-refractivity contribution is 5.83. The fourth-order valence-electron chi connectivity index (χ4n) is 3.88. The summed E-state index contributed by atoms with van der Waals surface area (Å²) in [6.45, 7) is 2.01. The Labute approximate surface area is 191 Å². The summed E-state index contributed by atoms with van der Waals surface area (Å²) in [6.07, 6.45) is 2.59. The number of H-pyrrole nitrogens is 1. The highest BCUT2D eigenvalue weighted by Crippen LogP contribution is 2.29. The van der Waals surface area contributed by atoms with Gasteiger partial charge in [-0.15, -0.1) is 10.2 Å². The molecule has 5 aromatic rings. The molecule has 1 amide bonds. The number of nitrogens with zero attached hydrogens (tertiary/aromatic N) is 3. The molecule has 0 fully saturated rings. The van der Waals surface area contributed by atoms with Crippen LogP contribution in [0.2, 0.25) is 0 Å². The van der Waals surface area contributed by atoms with Crippen molar-refractivity contribution in [2.24, 2.45) is 0 Å². The van der Waals surface area contributed by atoms with Crippen molar-refractivity contribution < 1.29 is 4.79 Å². The zero-order valence-corrected chi connectivity index (χ0v) is 18.2. The van der Waals surface area contributed by atoms with Crippen molar-refractivity contribution in [2.75, 3.05) is 0 Å². The van der Waals surface area contributed by atoms with Crippen molar-refractivity contribution >= 4 is 16.8 Å². The molecular formula is C27H23N5O. The van der Waals surface area contributed by atoms with Crippen LogP contribution in [0.15, 0.2) is 85.1 Å². The number of hydrogen-bond acceptors (Lipinski definition) is 4. The molecule has 2 heterocycles. The van der Waals surface area contributed by atoms with Crippen LogP contribution in [0, 0.1) is 0 Å². The average molecular weight is 434 g/mol. The maximum Gasteiger partial charge on any atom is 0.217 e. The first-order chi connectivity index (χ1) is 16.2. The second kappa shape index (κ2) is 9.04. The van der Waals surface area contributed by atoms with Crippen LogP contribution in [0.3, 0.4) is 0 Å². The number of nitrogens with one attached hydrogen (secondary N) is 2. The van der Waals surface area contributed by atoms with Crippen LogP contribution in [0.25, 0.3) is 33.4 Å². The van der Waals surface area contributed by atoms with Gasteiger partial charge in [-0.05, 0) is 17.2 Å². The lowest BCUT2D eigenvalue weighted by molar-refractivity contribution is -0.119. The van der Waals surface area contributed by atoms with Gasteiger partial charge >= 0.3 is 0 Å². The summed E-state index contributed by atoms with van der Waals surface area (Å²) in [5.41, 5.74) is 6.71. The molecule has 0 saturated carbocycles. The van der Waals surface area contributed by atoms with E-state index in [2.05, 4.69) is 32.6 Å². The minimum Gasteiger partial charge on any atom is -0.361 e. The third-order valence-corrected chi connectivity index (χ3v) is 5.57. The van der Waals surface area contributed by atoms with Gasteiger partial charge in [0.15, 0.2) is 5.82 Å². The SMILES string of the molecule is CC(=O)NCc1ccc(-c2nc(Cc3c[nH]c4ccccc34)nnc2-c2ccccc2)cc1. The number of aromatic amines is 1. The van der Waals surface area contributed by atoms with Crippen molar-refractivity contribution in [1.82, 2.24) is 25.5 Å². The molecule has 6 nitrogen and oxygen atoms in total. The Balaban J connectivity index is 1.53. The fraction of sp³-hybridized carbons (Fsp3) is 0.111. The number of carbonyl (C=O) groups excluding carboxylic acids is 1. The highest BCUT2D eigenvalue weighted by atomic mass is 16.1. The minimum atomic E-state index is -0.0487. The third-order valence-electron chi connectivity index (χ3n) is 5.57. The first-order valence-corrected chi connectivity index (χ1v) is 10.8. The van der Waals surface area contributed by atoms with Gasteiger partial charge in [0.2, 0.25) is 5.91 Å². The van der Waals surface area contributed by atoms with Crippen molar-refractivity contribution in [3.05, 3.63) is 102 Å². The maximum absolute atomic E-state index is 11.2. The minimum absolute atomic E-state index is 0.0487. The molecule has 0 bridgehead atoms. The normalized spacial score (nSPS) is 10.9. The average Bonchev–Trinajstić information content (AvgIpc) is 3.26. The van der Waals surface area contributed by atoms with E-state index in [4.69, 9.17) is 4.98 Å². The van der Waals surface area contributed by atoms with E-state index in [9.17, 15) is 4.79 Å². The topological polar surface area (TPSA) is 83.6 Å². The van der Waals surface area contributed by atoms with Gasteiger partial charge in [-0.1, -0.05) is 72.8 Å². The second-order valence-electron chi connectivity index (χ2n) is 7.93. The molecule has 0 saturated heterocycles. The molecule has 0 aliphatic carbocycles. The lowest BCUT2D eigenvalue weighted by Crippen LogP contribution is -2.18. The Morgan fingerprint density at radius 3 is 2.36 bits per heavy atom. The Morgan fingerprint density at radius 2 is 1.58 bits per heavy atom. The molecule has 2 N–H and O–H groups in total. The Kier molecular flexibility index (Phi) is 5.64. The molecule has 5 rings (SSSR count). The standard InChI is InChI=1S/C27H23N5O/c1-18(33)28-16-19-11-13-21(14-12-19)26-27(20-7-3-2-4-8-20)32-31-25(30-26)15-22-17-29-24-10-6-5-9-23(22)24/h2-14,17,29H,15-16H2,1H3,(H,28,33). The molecule has 0 unspecified atom stereocenters. The summed E-state index contributed by atoms with van der Waals surface area (Å²) < 4.78 is 0. The molecule has 3 aromatic carbocycles. The Hall–Kier alpha value is -4.32. The molecule has 2 aromatic heterocycles. The molecule has 0 aliphatic rings. The predicted molar refractivity (Wildman–Crippen MR) is 129 cm³/mol. The summed E-state index contributed by atoms with van der Waals surface area (Å²) in [5, 5.41) is 13.0.